The van der Waals surface area contributed by atoms with Gasteiger partial charge in [0.1, 0.15) is 0 Å². The second kappa shape index (κ2) is 5.00. The molecule has 2 unspecified atom stereocenters. The van der Waals surface area contributed by atoms with Gasteiger partial charge < -0.3 is 14.8 Å². The highest BCUT2D eigenvalue weighted by molar-refractivity contribution is 5.97. The number of esters is 1. The molecule has 116 valence electrons. The van der Waals surface area contributed by atoms with Gasteiger partial charge in [0.2, 0.25) is 0 Å². The highest BCUT2D eigenvalue weighted by Crippen LogP contribution is 2.47. The Kier molecular flexibility index (Phi) is 3.10. The van der Waals surface area contributed by atoms with Crippen LogP contribution < -0.4 is 5.32 Å². The van der Waals surface area contributed by atoms with Gasteiger partial charge in [-0.05, 0) is 44.1 Å². The summed E-state index contributed by atoms with van der Waals surface area (Å²) in [6.45, 7) is 1.69. The third-order valence-corrected chi connectivity index (χ3v) is 5.12. The quantitative estimate of drug-likeness (QED) is 0.366. The standard InChI is InChI=1S/C17H19NO4/c1-9-6-14(22-17(9)20)21-8-13-12-7-10-4-2-3-5-11(10)15(12)18-16(13)19/h5-6,8,10,12,14-15H,2-4,7H2,1H3,(H,18,19)/b13-8+/t10-,12?,14?,15+/m0/s1. The van der Waals surface area contributed by atoms with E-state index in [0.29, 0.717) is 17.1 Å². The molecule has 1 saturated heterocycles. The number of hydrogen-bond acceptors (Lipinski definition) is 4. The Morgan fingerprint density at radius 1 is 1.41 bits per heavy atom. The van der Waals surface area contributed by atoms with Gasteiger partial charge in [-0.2, -0.15) is 0 Å². The van der Waals surface area contributed by atoms with Gasteiger partial charge in [0.15, 0.2) is 0 Å². The van der Waals surface area contributed by atoms with Gasteiger partial charge in [-0.25, -0.2) is 4.79 Å². The number of rotatable bonds is 2. The van der Waals surface area contributed by atoms with Crippen LogP contribution in [0.5, 0.6) is 0 Å². The van der Waals surface area contributed by atoms with E-state index in [1.54, 1.807) is 13.0 Å². The molecule has 0 bridgehead atoms. The Labute approximate surface area is 129 Å². The maximum Gasteiger partial charge on any atom is 0.336 e. The van der Waals surface area contributed by atoms with E-state index in [0.717, 1.165) is 12.8 Å². The van der Waals surface area contributed by atoms with E-state index in [1.165, 1.54) is 24.7 Å². The van der Waals surface area contributed by atoms with E-state index in [9.17, 15) is 9.59 Å². The molecule has 2 aliphatic heterocycles. The Balaban J connectivity index is 1.52. The summed E-state index contributed by atoms with van der Waals surface area (Å²) in [7, 11) is 0. The normalized spacial score (nSPS) is 38.1. The van der Waals surface area contributed by atoms with Gasteiger partial charge in [0, 0.05) is 17.6 Å². The van der Waals surface area contributed by atoms with E-state index in [1.807, 2.05) is 0 Å². The molecule has 2 aliphatic carbocycles. The first-order valence-corrected chi connectivity index (χ1v) is 7.89. The topological polar surface area (TPSA) is 64.6 Å². The van der Waals surface area contributed by atoms with Gasteiger partial charge in [-0.3, -0.25) is 4.79 Å². The zero-order valence-electron chi connectivity index (χ0n) is 12.5. The second-order valence-electron chi connectivity index (χ2n) is 6.46. The first-order chi connectivity index (χ1) is 10.6. The first-order valence-electron chi connectivity index (χ1n) is 7.89. The fraction of sp³-hybridized carbons (Fsp3) is 0.529. The molecule has 4 atom stereocenters. The molecule has 0 aromatic rings. The van der Waals surface area contributed by atoms with Crippen molar-refractivity contribution in [2.45, 2.75) is 44.9 Å². The van der Waals surface area contributed by atoms with Crippen LogP contribution in [-0.2, 0) is 19.1 Å². The molecular weight excluding hydrogens is 282 g/mol. The minimum Gasteiger partial charge on any atom is -0.458 e. The molecule has 4 aliphatic rings. The van der Waals surface area contributed by atoms with Crippen molar-refractivity contribution in [3.63, 3.8) is 0 Å². The number of carbonyl (C=O) groups is 2. The van der Waals surface area contributed by atoms with Gasteiger partial charge in [0.05, 0.1) is 17.9 Å². The first kappa shape index (κ1) is 13.6. The summed E-state index contributed by atoms with van der Waals surface area (Å²) in [6, 6.07) is 0.135. The van der Waals surface area contributed by atoms with Crippen molar-refractivity contribution in [3.05, 3.63) is 35.1 Å². The maximum absolute atomic E-state index is 12.2. The van der Waals surface area contributed by atoms with E-state index < -0.39 is 6.29 Å². The minimum absolute atomic E-state index is 0.0649. The lowest BCUT2D eigenvalue weighted by molar-refractivity contribution is -0.152. The van der Waals surface area contributed by atoms with Gasteiger partial charge in [-0.15, -0.1) is 0 Å². The number of amides is 1. The van der Waals surface area contributed by atoms with E-state index >= 15 is 0 Å². The molecule has 22 heavy (non-hydrogen) atoms. The minimum atomic E-state index is -0.713. The number of fused-ring (bicyclic) bond motifs is 3. The molecule has 5 nitrogen and oxygen atoms in total. The molecule has 1 N–H and O–H groups in total. The Morgan fingerprint density at radius 2 is 2.27 bits per heavy atom. The fourth-order valence-corrected chi connectivity index (χ4v) is 4.01. The molecule has 0 spiro atoms. The summed E-state index contributed by atoms with van der Waals surface area (Å²) in [6.07, 6.45) is 9.27. The summed E-state index contributed by atoms with van der Waals surface area (Å²) in [4.78, 5) is 23.5. The molecule has 2 heterocycles. The smallest absolute Gasteiger partial charge is 0.336 e. The van der Waals surface area contributed by atoms with Crippen LogP contribution in [0.15, 0.2) is 35.1 Å². The summed E-state index contributed by atoms with van der Waals surface area (Å²) >= 11 is 0. The van der Waals surface area contributed by atoms with Crippen molar-refractivity contribution in [3.8, 4) is 0 Å². The molecule has 5 heteroatoms. The Morgan fingerprint density at radius 3 is 3.05 bits per heavy atom. The summed E-state index contributed by atoms with van der Waals surface area (Å²) in [5.41, 5.74) is 2.61. The average Bonchev–Trinajstić information content (AvgIpc) is 3.10. The number of cyclic esters (lactones) is 1. The van der Waals surface area contributed by atoms with Gasteiger partial charge >= 0.3 is 5.97 Å². The van der Waals surface area contributed by atoms with Crippen LogP contribution in [0.3, 0.4) is 0 Å². The molecule has 1 saturated carbocycles. The predicted octanol–water partition coefficient (Wildman–Crippen LogP) is 1.96. The third kappa shape index (κ3) is 2.07. The monoisotopic (exact) mass is 301 g/mol. The lowest BCUT2D eigenvalue weighted by Crippen LogP contribution is -2.28. The lowest BCUT2D eigenvalue weighted by Gasteiger charge is -2.20. The average molecular weight is 301 g/mol. The Hall–Kier alpha value is -2.04. The zero-order valence-corrected chi connectivity index (χ0v) is 12.5. The molecule has 4 rings (SSSR count). The van der Waals surface area contributed by atoms with Crippen molar-refractivity contribution in [1.29, 1.82) is 0 Å². The van der Waals surface area contributed by atoms with Crippen LogP contribution in [0, 0.1) is 11.8 Å². The van der Waals surface area contributed by atoms with E-state index in [4.69, 9.17) is 9.47 Å². The largest absolute Gasteiger partial charge is 0.458 e. The van der Waals surface area contributed by atoms with E-state index in [2.05, 4.69) is 11.4 Å². The van der Waals surface area contributed by atoms with Crippen LogP contribution in [0.4, 0.5) is 0 Å². The van der Waals surface area contributed by atoms with Crippen molar-refractivity contribution >= 4 is 11.9 Å². The van der Waals surface area contributed by atoms with Crippen molar-refractivity contribution in [1.82, 2.24) is 5.32 Å². The highest BCUT2D eigenvalue weighted by Gasteiger charge is 2.48. The van der Waals surface area contributed by atoms with Gasteiger partial charge in [-0.1, -0.05) is 6.08 Å². The fourth-order valence-electron chi connectivity index (χ4n) is 4.01. The van der Waals surface area contributed by atoms with Crippen molar-refractivity contribution in [2.75, 3.05) is 0 Å². The van der Waals surface area contributed by atoms with Crippen LogP contribution in [-0.4, -0.2) is 24.2 Å². The SMILES string of the molecule is CC1=CC(O/C=C2/C(=O)N[C@@H]3C4=CCCC[C@H]4CC23)OC1=O. The van der Waals surface area contributed by atoms with Crippen molar-refractivity contribution in [2.24, 2.45) is 11.8 Å². The van der Waals surface area contributed by atoms with Crippen LogP contribution in [0.2, 0.25) is 0 Å². The molecule has 2 fully saturated rings. The maximum atomic E-state index is 12.2. The molecule has 0 radical (unpaired) electrons. The Bertz CT molecular complexity index is 631. The zero-order chi connectivity index (χ0) is 15.3. The number of hydrogen-bond donors (Lipinski definition) is 1. The predicted molar refractivity (Wildman–Crippen MR) is 78.3 cm³/mol. The van der Waals surface area contributed by atoms with Crippen molar-refractivity contribution < 1.29 is 19.1 Å². The summed E-state index contributed by atoms with van der Waals surface area (Å²) in [5.74, 6) is 0.349. The second-order valence-corrected chi connectivity index (χ2v) is 6.46. The number of ether oxygens (including phenoxy) is 2. The summed E-state index contributed by atoms with van der Waals surface area (Å²) in [5, 5.41) is 3.08. The lowest BCUT2D eigenvalue weighted by atomic mass is 9.89. The molecular formula is C17H19NO4. The molecule has 0 aromatic carbocycles. The van der Waals surface area contributed by atoms with Crippen LogP contribution >= 0.6 is 0 Å². The summed E-state index contributed by atoms with van der Waals surface area (Å²) < 4.78 is 10.5. The molecule has 0 aromatic heterocycles. The number of allylic oxidation sites excluding steroid dienone is 1. The van der Waals surface area contributed by atoms with Crippen LogP contribution in [0.1, 0.15) is 32.6 Å². The third-order valence-electron chi connectivity index (χ3n) is 5.12. The highest BCUT2D eigenvalue weighted by atomic mass is 16.7. The van der Waals surface area contributed by atoms with Crippen LogP contribution in [0.25, 0.3) is 0 Å². The molecule has 1 amide bonds. The van der Waals surface area contributed by atoms with E-state index in [-0.39, 0.29) is 23.8 Å². The van der Waals surface area contributed by atoms with Gasteiger partial charge in [0.25, 0.3) is 12.2 Å². The number of nitrogens with one attached hydrogen (secondary N) is 1. The number of carbonyl (C=O) groups excluding carboxylic acids is 2.